The van der Waals surface area contributed by atoms with Gasteiger partial charge in [-0.2, -0.15) is 0 Å². The number of hydrogen-bond acceptors (Lipinski definition) is 3. The Labute approximate surface area is 115 Å². The Morgan fingerprint density at radius 1 is 1.37 bits per heavy atom. The topological polar surface area (TPSA) is 45.2 Å². The van der Waals surface area contributed by atoms with Crippen LogP contribution in [0.5, 0.6) is 0 Å². The number of pyridine rings is 1. The molecule has 1 N–H and O–H groups in total. The molecule has 0 unspecified atom stereocenters. The van der Waals surface area contributed by atoms with Gasteiger partial charge in [0.25, 0.3) is 5.91 Å². The zero-order valence-electron chi connectivity index (χ0n) is 11.9. The van der Waals surface area contributed by atoms with Crippen LogP contribution in [-0.4, -0.2) is 35.4 Å². The number of hydrogen-bond donors (Lipinski definition) is 1. The van der Waals surface area contributed by atoms with E-state index in [9.17, 15) is 4.79 Å². The van der Waals surface area contributed by atoms with Gasteiger partial charge in [-0.3, -0.25) is 4.79 Å². The molecule has 1 heterocycles. The van der Waals surface area contributed by atoms with Crippen LogP contribution < -0.4 is 5.32 Å². The number of carbonyl (C=O) groups excluding carboxylic acids is 1. The molecule has 1 aromatic rings. The smallest absolute Gasteiger partial charge is 0.255 e. The minimum absolute atomic E-state index is 0.115. The number of nitrogens with zero attached hydrogens (tertiary/aromatic N) is 2. The SMILES string of the molecule is CCN(C(=O)c1ccc(NC)nc1)C1CCCCC1. The molecule has 1 aliphatic rings. The zero-order chi connectivity index (χ0) is 13.7. The molecule has 19 heavy (non-hydrogen) atoms. The highest BCUT2D eigenvalue weighted by Crippen LogP contribution is 2.23. The van der Waals surface area contributed by atoms with Crippen LogP contribution in [0.1, 0.15) is 49.4 Å². The third-order valence-electron chi connectivity index (χ3n) is 3.88. The van der Waals surface area contributed by atoms with E-state index in [1.165, 1.54) is 19.3 Å². The van der Waals surface area contributed by atoms with Crippen molar-refractivity contribution in [2.75, 3.05) is 18.9 Å². The summed E-state index contributed by atoms with van der Waals surface area (Å²) in [7, 11) is 1.82. The summed E-state index contributed by atoms with van der Waals surface area (Å²) >= 11 is 0. The Hall–Kier alpha value is -1.58. The van der Waals surface area contributed by atoms with E-state index in [4.69, 9.17) is 0 Å². The van der Waals surface area contributed by atoms with Crippen molar-refractivity contribution in [2.45, 2.75) is 45.1 Å². The van der Waals surface area contributed by atoms with Crippen molar-refractivity contribution >= 4 is 11.7 Å². The molecule has 0 spiro atoms. The van der Waals surface area contributed by atoms with Gasteiger partial charge in [-0.15, -0.1) is 0 Å². The summed E-state index contributed by atoms with van der Waals surface area (Å²) in [5.41, 5.74) is 0.687. The fourth-order valence-corrected chi connectivity index (χ4v) is 2.79. The molecule has 0 atom stereocenters. The van der Waals surface area contributed by atoms with E-state index in [-0.39, 0.29) is 5.91 Å². The van der Waals surface area contributed by atoms with Gasteiger partial charge in [0.15, 0.2) is 0 Å². The van der Waals surface area contributed by atoms with Crippen LogP contribution in [0, 0.1) is 0 Å². The summed E-state index contributed by atoms with van der Waals surface area (Å²) in [5, 5.41) is 2.96. The molecule has 0 radical (unpaired) electrons. The molecule has 0 aromatic carbocycles. The highest BCUT2D eigenvalue weighted by atomic mass is 16.2. The maximum absolute atomic E-state index is 12.5. The summed E-state index contributed by atoms with van der Waals surface area (Å²) in [4.78, 5) is 18.8. The standard InChI is InChI=1S/C15H23N3O/c1-3-18(13-7-5-4-6-8-13)15(19)12-9-10-14(16-2)17-11-12/h9-11,13H,3-8H2,1-2H3,(H,16,17). The highest BCUT2D eigenvalue weighted by molar-refractivity contribution is 5.94. The van der Waals surface area contributed by atoms with Gasteiger partial charge >= 0.3 is 0 Å². The summed E-state index contributed by atoms with van der Waals surface area (Å²) in [5.74, 6) is 0.904. The normalized spacial score (nSPS) is 16.1. The Morgan fingerprint density at radius 2 is 2.11 bits per heavy atom. The van der Waals surface area contributed by atoms with Gasteiger partial charge in [-0.1, -0.05) is 19.3 Å². The Morgan fingerprint density at radius 3 is 2.63 bits per heavy atom. The van der Waals surface area contributed by atoms with E-state index in [2.05, 4.69) is 17.2 Å². The molecule has 0 bridgehead atoms. The lowest BCUT2D eigenvalue weighted by atomic mass is 9.94. The minimum atomic E-state index is 0.115. The number of aromatic nitrogens is 1. The van der Waals surface area contributed by atoms with Crippen LogP contribution in [0.2, 0.25) is 0 Å². The molecule has 1 saturated carbocycles. The lowest BCUT2D eigenvalue weighted by Gasteiger charge is -2.33. The number of amides is 1. The van der Waals surface area contributed by atoms with Crippen LogP contribution in [0.15, 0.2) is 18.3 Å². The molecular formula is C15H23N3O. The van der Waals surface area contributed by atoms with Crippen LogP contribution >= 0.6 is 0 Å². The van der Waals surface area contributed by atoms with Gasteiger partial charge in [0, 0.05) is 25.8 Å². The molecule has 104 valence electrons. The number of anilines is 1. The van der Waals surface area contributed by atoms with Gasteiger partial charge in [0.05, 0.1) is 5.56 Å². The summed E-state index contributed by atoms with van der Waals surface area (Å²) in [6.07, 6.45) is 7.74. The lowest BCUT2D eigenvalue weighted by molar-refractivity contribution is 0.0647. The monoisotopic (exact) mass is 261 g/mol. The van der Waals surface area contributed by atoms with E-state index in [0.717, 1.165) is 25.2 Å². The second kappa shape index (κ2) is 6.55. The molecule has 1 aliphatic carbocycles. The summed E-state index contributed by atoms with van der Waals surface area (Å²) < 4.78 is 0. The molecule has 4 heteroatoms. The van der Waals surface area contributed by atoms with Crippen molar-refractivity contribution in [1.82, 2.24) is 9.88 Å². The lowest BCUT2D eigenvalue weighted by Crippen LogP contribution is -2.41. The van der Waals surface area contributed by atoms with Crippen LogP contribution in [-0.2, 0) is 0 Å². The predicted octanol–water partition coefficient (Wildman–Crippen LogP) is 2.92. The Bertz CT molecular complexity index is 410. The second-order valence-corrected chi connectivity index (χ2v) is 5.07. The molecule has 1 aromatic heterocycles. The van der Waals surface area contributed by atoms with Crippen molar-refractivity contribution in [1.29, 1.82) is 0 Å². The first-order valence-corrected chi connectivity index (χ1v) is 7.21. The maximum Gasteiger partial charge on any atom is 0.255 e. The molecule has 0 saturated heterocycles. The summed E-state index contributed by atoms with van der Waals surface area (Å²) in [6.45, 7) is 2.83. The van der Waals surface area contributed by atoms with Gasteiger partial charge in [-0.05, 0) is 31.9 Å². The molecule has 4 nitrogen and oxygen atoms in total. The van der Waals surface area contributed by atoms with E-state index >= 15 is 0 Å². The number of carbonyl (C=O) groups is 1. The quantitative estimate of drug-likeness (QED) is 0.906. The van der Waals surface area contributed by atoms with Gasteiger partial charge in [0.1, 0.15) is 5.82 Å². The molecule has 1 fully saturated rings. The maximum atomic E-state index is 12.5. The van der Waals surface area contributed by atoms with Crippen molar-refractivity contribution in [3.8, 4) is 0 Å². The molecule has 1 amide bonds. The third kappa shape index (κ3) is 3.25. The summed E-state index contributed by atoms with van der Waals surface area (Å²) in [6, 6.07) is 4.12. The van der Waals surface area contributed by atoms with Crippen LogP contribution in [0.25, 0.3) is 0 Å². The molecule has 2 rings (SSSR count). The third-order valence-corrected chi connectivity index (χ3v) is 3.88. The number of rotatable bonds is 4. The number of nitrogens with one attached hydrogen (secondary N) is 1. The average molecular weight is 261 g/mol. The van der Waals surface area contributed by atoms with Gasteiger partial charge in [0.2, 0.25) is 0 Å². The van der Waals surface area contributed by atoms with Crippen LogP contribution in [0.3, 0.4) is 0 Å². The first-order chi connectivity index (χ1) is 9.26. The van der Waals surface area contributed by atoms with Crippen LogP contribution in [0.4, 0.5) is 5.82 Å². The molecule has 0 aliphatic heterocycles. The molecular weight excluding hydrogens is 238 g/mol. The van der Waals surface area contributed by atoms with E-state index in [1.54, 1.807) is 6.20 Å². The van der Waals surface area contributed by atoms with E-state index < -0.39 is 0 Å². The minimum Gasteiger partial charge on any atom is -0.373 e. The first-order valence-electron chi connectivity index (χ1n) is 7.21. The average Bonchev–Trinajstić information content (AvgIpc) is 2.49. The van der Waals surface area contributed by atoms with Gasteiger partial charge in [-0.25, -0.2) is 4.98 Å². The Balaban J connectivity index is 2.10. The fourth-order valence-electron chi connectivity index (χ4n) is 2.79. The Kier molecular flexibility index (Phi) is 4.77. The van der Waals surface area contributed by atoms with Crippen molar-refractivity contribution in [2.24, 2.45) is 0 Å². The highest BCUT2D eigenvalue weighted by Gasteiger charge is 2.24. The largest absolute Gasteiger partial charge is 0.373 e. The second-order valence-electron chi connectivity index (χ2n) is 5.07. The van der Waals surface area contributed by atoms with E-state index in [0.29, 0.717) is 11.6 Å². The van der Waals surface area contributed by atoms with Crippen molar-refractivity contribution < 1.29 is 4.79 Å². The first kappa shape index (κ1) is 13.8. The van der Waals surface area contributed by atoms with E-state index in [1.807, 2.05) is 24.1 Å². The van der Waals surface area contributed by atoms with Crippen molar-refractivity contribution in [3.05, 3.63) is 23.9 Å². The van der Waals surface area contributed by atoms with Crippen molar-refractivity contribution in [3.63, 3.8) is 0 Å². The predicted molar refractivity (Wildman–Crippen MR) is 77.4 cm³/mol. The van der Waals surface area contributed by atoms with Gasteiger partial charge < -0.3 is 10.2 Å². The zero-order valence-corrected chi connectivity index (χ0v) is 11.9. The fraction of sp³-hybridized carbons (Fsp3) is 0.600.